The van der Waals surface area contributed by atoms with E-state index in [1.54, 1.807) is 12.1 Å². The molecule has 1 amide bonds. The number of nitriles is 1. The van der Waals surface area contributed by atoms with Crippen LogP contribution in [0, 0.1) is 14.9 Å². The van der Waals surface area contributed by atoms with Gasteiger partial charge in [0.15, 0.2) is 6.61 Å². The van der Waals surface area contributed by atoms with E-state index in [1.165, 1.54) is 18.2 Å². The number of nitrogens with one attached hydrogen (secondary N) is 1. The van der Waals surface area contributed by atoms with Crippen LogP contribution >= 0.6 is 22.6 Å². The molecule has 0 aliphatic heterocycles. The molecule has 0 atom stereocenters. The quantitative estimate of drug-likeness (QED) is 0.717. The second kappa shape index (κ2) is 7.53. The van der Waals surface area contributed by atoms with Gasteiger partial charge in [-0.2, -0.15) is 18.4 Å². The topological polar surface area (TPSA) is 62.1 Å². The molecule has 0 unspecified atom stereocenters. The molecule has 0 aliphatic carbocycles. The maximum atomic E-state index is 12.7. The van der Waals surface area contributed by atoms with Crippen molar-refractivity contribution in [2.45, 2.75) is 6.18 Å². The van der Waals surface area contributed by atoms with Gasteiger partial charge in [-0.15, -0.1) is 0 Å². The Bertz CT molecular complexity index is 801. The smallest absolute Gasteiger partial charge is 0.416 e. The van der Waals surface area contributed by atoms with Gasteiger partial charge in [0.2, 0.25) is 0 Å². The summed E-state index contributed by atoms with van der Waals surface area (Å²) in [7, 11) is 0. The number of carbonyl (C=O) groups is 1. The minimum Gasteiger partial charge on any atom is -0.482 e. The number of amides is 1. The van der Waals surface area contributed by atoms with Gasteiger partial charge in [0.25, 0.3) is 5.91 Å². The normalized spacial score (nSPS) is 10.8. The number of benzene rings is 2. The van der Waals surface area contributed by atoms with E-state index < -0.39 is 24.3 Å². The van der Waals surface area contributed by atoms with Gasteiger partial charge in [-0.1, -0.05) is 12.1 Å². The van der Waals surface area contributed by atoms with Gasteiger partial charge in [-0.05, 0) is 52.9 Å². The number of hydrogen-bond donors (Lipinski definition) is 1. The Morgan fingerprint density at radius 1 is 1.25 bits per heavy atom. The summed E-state index contributed by atoms with van der Waals surface area (Å²) in [6.07, 6.45) is -4.49. The molecule has 0 fully saturated rings. The first-order chi connectivity index (χ1) is 11.3. The fourth-order valence-corrected chi connectivity index (χ4v) is 2.28. The molecule has 0 spiro atoms. The summed E-state index contributed by atoms with van der Waals surface area (Å²) >= 11 is 1.82. The third kappa shape index (κ3) is 4.61. The first-order valence-corrected chi connectivity index (χ1v) is 7.67. The third-order valence-electron chi connectivity index (χ3n) is 2.93. The molecule has 0 saturated carbocycles. The number of ether oxygens (including phenoxy) is 1. The SMILES string of the molecule is N#Cc1ccccc1OCC(=O)Nc1cc(C(F)(F)F)ccc1I. The highest BCUT2D eigenvalue weighted by molar-refractivity contribution is 14.1. The number of hydrogen-bond acceptors (Lipinski definition) is 3. The third-order valence-corrected chi connectivity index (χ3v) is 3.87. The number of anilines is 1. The summed E-state index contributed by atoms with van der Waals surface area (Å²) in [6.45, 7) is -0.426. The zero-order valence-electron chi connectivity index (χ0n) is 12.0. The standard InChI is InChI=1S/C16H10F3IN2O2/c17-16(18,19)11-5-6-12(20)13(7-11)22-15(23)9-24-14-4-2-1-3-10(14)8-21/h1-7H,9H2,(H,22,23). The lowest BCUT2D eigenvalue weighted by Crippen LogP contribution is -2.21. The Balaban J connectivity index is 2.06. The molecule has 2 aromatic rings. The van der Waals surface area contributed by atoms with E-state index in [-0.39, 0.29) is 17.0 Å². The second-order valence-corrected chi connectivity index (χ2v) is 5.80. The summed E-state index contributed by atoms with van der Waals surface area (Å²) in [5.74, 6) is -0.395. The van der Waals surface area contributed by atoms with Gasteiger partial charge in [0.1, 0.15) is 11.8 Å². The van der Waals surface area contributed by atoms with Crippen molar-refractivity contribution in [2.75, 3.05) is 11.9 Å². The fourth-order valence-electron chi connectivity index (χ4n) is 1.81. The highest BCUT2D eigenvalue weighted by Gasteiger charge is 2.31. The van der Waals surface area contributed by atoms with Crippen LogP contribution < -0.4 is 10.1 Å². The average Bonchev–Trinajstić information content (AvgIpc) is 2.54. The van der Waals surface area contributed by atoms with E-state index in [2.05, 4.69) is 5.32 Å². The minimum atomic E-state index is -4.49. The van der Waals surface area contributed by atoms with Gasteiger partial charge >= 0.3 is 6.18 Å². The number of rotatable bonds is 4. The zero-order chi connectivity index (χ0) is 17.7. The molecule has 2 rings (SSSR count). The molecule has 24 heavy (non-hydrogen) atoms. The molecule has 4 nitrogen and oxygen atoms in total. The molecule has 0 radical (unpaired) electrons. The summed E-state index contributed by atoms with van der Waals surface area (Å²) in [5.41, 5.74) is -0.541. The van der Waals surface area contributed by atoms with Crippen molar-refractivity contribution in [1.29, 1.82) is 5.26 Å². The van der Waals surface area contributed by atoms with Crippen LogP contribution in [0.15, 0.2) is 42.5 Å². The van der Waals surface area contributed by atoms with E-state index in [0.29, 0.717) is 3.57 Å². The first-order valence-electron chi connectivity index (χ1n) is 6.60. The van der Waals surface area contributed by atoms with Crippen LogP contribution in [0.25, 0.3) is 0 Å². The van der Waals surface area contributed by atoms with E-state index in [4.69, 9.17) is 10.00 Å². The number of halogens is 4. The van der Waals surface area contributed by atoms with Crippen LogP contribution in [-0.4, -0.2) is 12.5 Å². The highest BCUT2D eigenvalue weighted by Crippen LogP contribution is 2.32. The summed E-state index contributed by atoms with van der Waals surface area (Å²) in [6, 6.07) is 11.3. The molecule has 0 heterocycles. The molecule has 2 aromatic carbocycles. The van der Waals surface area contributed by atoms with Gasteiger partial charge < -0.3 is 10.1 Å². The van der Waals surface area contributed by atoms with Crippen molar-refractivity contribution >= 4 is 34.2 Å². The Hall–Kier alpha value is -2.28. The molecule has 0 aromatic heterocycles. The highest BCUT2D eigenvalue weighted by atomic mass is 127. The Morgan fingerprint density at radius 3 is 2.62 bits per heavy atom. The zero-order valence-corrected chi connectivity index (χ0v) is 14.2. The molecular formula is C16H10F3IN2O2. The van der Waals surface area contributed by atoms with Crippen molar-refractivity contribution in [1.82, 2.24) is 0 Å². The number of nitrogens with zero attached hydrogens (tertiary/aromatic N) is 1. The van der Waals surface area contributed by atoms with E-state index in [9.17, 15) is 18.0 Å². The molecular weight excluding hydrogens is 436 g/mol. The second-order valence-electron chi connectivity index (χ2n) is 4.64. The summed E-state index contributed by atoms with van der Waals surface area (Å²) in [4.78, 5) is 11.9. The fraction of sp³-hybridized carbons (Fsp3) is 0.125. The van der Waals surface area contributed by atoms with Crippen molar-refractivity contribution in [3.8, 4) is 11.8 Å². The molecule has 8 heteroatoms. The number of para-hydroxylation sites is 1. The first kappa shape index (κ1) is 18.1. The maximum Gasteiger partial charge on any atom is 0.416 e. The van der Waals surface area contributed by atoms with E-state index >= 15 is 0 Å². The Labute approximate surface area is 149 Å². The number of alkyl halides is 3. The lowest BCUT2D eigenvalue weighted by molar-refractivity contribution is -0.137. The summed E-state index contributed by atoms with van der Waals surface area (Å²) < 4.78 is 43.9. The summed E-state index contributed by atoms with van der Waals surface area (Å²) in [5, 5.41) is 11.3. The van der Waals surface area contributed by atoms with E-state index in [0.717, 1.165) is 12.1 Å². The van der Waals surface area contributed by atoms with Crippen molar-refractivity contribution in [3.63, 3.8) is 0 Å². The van der Waals surface area contributed by atoms with Crippen LogP contribution in [0.1, 0.15) is 11.1 Å². The van der Waals surface area contributed by atoms with Crippen molar-refractivity contribution in [2.24, 2.45) is 0 Å². The lowest BCUT2D eigenvalue weighted by Gasteiger charge is -2.12. The molecule has 124 valence electrons. The monoisotopic (exact) mass is 446 g/mol. The minimum absolute atomic E-state index is 0.0487. The van der Waals surface area contributed by atoms with E-state index in [1.807, 2.05) is 28.7 Å². The van der Waals surface area contributed by atoms with Gasteiger partial charge in [-0.25, -0.2) is 0 Å². The molecule has 0 saturated heterocycles. The largest absolute Gasteiger partial charge is 0.482 e. The van der Waals surface area contributed by atoms with Crippen LogP contribution in [-0.2, 0) is 11.0 Å². The molecule has 0 aliphatic rings. The van der Waals surface area contributed by atoms with Gasteiger partial charge in [0.05, 0.1) is 16.8 Å². The lowest BCUT2D eigenvalue weighted by atomic mass is 10.2. The van der Waals surface area contributed by atoms with Gasteiger partial charge in [0, 0.05) is 3.57 Å². The van der Waals surface area contributed by atoms with Crippen LogP contribution in [0.2, 0.25) is 0 Å². The Morgan fingerprint density at radius 2 is 1.96 bits per heavy atom. The van der Waals surface area contributed by atoms with Crippen molar-refractivity contribution < 1.29 is 22.7 Å². The predicted molar refractivity (Wildman–Crippen MR) is 89.4 cm³/mol. The van der Waals surface area contributed by atoms with Crippen LogP contribution in [0.5, 0.6) is 5.75 Å². The average molecular weight is 446 g/mol. The van der Waals surface area contributed by atoms with Crippen LogP contribution in [0.4, 0.5) is 18.9 Å². The van der Waals surface area contributed by atoms with Gasteiger partial charge in [-0.3, -0.25) is 4.79 Å². The Kier molecular flexibility index (Phi) is 5.66. The number of carbonyl (C=O) groups excluding carboxylic acids is 1. The van der Waals surface area contributed by atoms with Crippen LogP contribution in [0.3, 0.4) is 0 Å². The molecule has 0 bridgehead atoms. The van der Waals surface area contributed by atoms with Crippen molar-refractivity contribution in [3.05, 3.63) is 57.2 Å². The maximum absolute atomic E-state index is 12.7. The predicted octanol–water partition coefficient (Wildman–Crippen LogP) is 4.20. The molecule has 1 N–H and O–H groups in total.